The maximum atomic E-state index is 14.6. The summed E-state index contributed by atoms with van der Waals surface area (Å²) in [6.45, 7) is 6.28. The number of ether oxygens (including phenoxy) is 2. The van der Waals surface area contributed by atoms with E-state index in [1.165, 1.54) is 19.1 Å². The molecule has 0 bridgehead atoms. The summed E-state index contributed by atoms with van der Waals surface area (Å²) in [5.41, 5.74) is -0.299. The third-order valence-corrected chi connectivity index (χ3v) is 3.41. The highest BCUT2D eigenvalue weighted by molar-refractivity contribution is 6.11. The van der Waals surface area contributed by atoms with E-state index in [1.807, 2.05) is 13.8 Å². The van der Waals surface area contributed by atoms with Gasteiger partial charge in [0.1, 0.15) is 28.6 Å². The number of rotatable bonds is 5. The largest absolute Gasteiger partial charge is 0.507 e. The summed E-state index contributed by atoms with van der Waals surface area (Å²) < 4.78 is 24.9. The molecule has 0 saturated carbocycles. The lowest BCUT2D eigenvalue weighted by Crippen LogP contribution is -2.10. The van der Waals surface area contributed by atoms with Crippen molar-refractivity contribution in [1.29, 1.82) is 0 Å². The molecule has 0 aliphatic carbocycles. The maximum absolute atomic E-state index is 14.6. The molecule has 0 fully saturated rings. The Bertz CT molecular complexity index is 810. The number of benzene rings is 2. The monoisotopic (exact) mass is 346 g/mol. The molecule has 5 nitrogen and oxygen atoms in total. The predicted octanol–water partition coefficient (Wildman–Crippen LogP) is 3.78. The molecule has 0 spiro atoms. The van der Waals surface area contributed by atoms with E-state index in [1.54, 1.807) is 12.1 Å². The first-order valence-corrected chi connectivity index (χ1v) is 7.72. The molecule has 0 aliphatic rings. The number of phenolic OH excluding ortho intramolecular Hbond substituents is 1. The van der Waals surface area contributed by atoms with Gasteiger partial charge in [-0.05, 0) is 45.0 Å². The lowest BCUT2D eigenvalue weighted by molar-refractivity contribution is -0.131. The number of hydrogen-bond donors (Lipinski definition) is 1. The second-order valence-electron chi connectivity index (χ2n) is 5.82. The van der Waals surface area contributed by atoms with Crippen molar-refractivity contribution >= 4 is 11.8 Å². The zero-order valence-corrected chi connectivity index (χ0v) is 14.4. The highest BCUT2D eigenvalue weighted by Crippen LogP contribution is 2.33. The van der Waals surface area contributed by atoms with Gasteiger partial charge < -0.3 is 14.6 Å². The van der Waals surface area contributed by atoms with E-state index < -0.39 is 28.9 Å². The molecule has 0 atom stereocenters. The summed E-state index contributed by atoms with van der Waals surface area (Å²) >= 11 is 0. The summed E-state index contributed by atoms with van der Waals surface area (Å²) in [4.78, 5) is 23.6. The Morgan fingerprint density at radius 1 is 1.16 bits per heavy atom. The van der Waals surface area contributed by atoms with Gasteiger partial charge in [-0.15, -0.1) is 0 Å². The standard InChI is InChI=1S/C19H19FO5/c1-10(2)24-14-7-5-13(6-8-14)19(23)17-15(22)9-16(25-12(4)21)11(3)18(17)20/h5-10,22H,1-4H3. The predicted molar refractivity (Wildman–Crippen MR) is 89.7 cm³/mol. The summed E-state index contributed by atoms with van der Waals surface area (Å²) in [5, 5.41) is 10.0. The van der Waals surface area contributed by atoms with E-state index in [0.29, 0.717) is 5.75 Å². The summed E-state index contributed by atoms with van der Waals surface area (Å²) in [7, 11) is 0. The molecule has 0 unspecified atom stereocenters. The van der Waals surface area contributed by atoms with Crippen LogP contribution in [0, 0.1) is 12.7 Å². The Kier molecular flexibility index (Phi) is 5.41. The van der Waals surface area contributed by atoms with E-state index in [9.17, 15) is 19.1 Å². The van der Waals surface area contributed by atoms with Crippen LogP contribution >= 0.6 is 0 Å². The van der Waals surface area contributed by atoms with Crippen molar-refractivity contribution in [3.05, 3.63) is 52.8 Å². The molecular formula is C19H19FO5. The van der Waals surface area contributed by atoms with E-state index in [-0.39, 0.29) is 23.0 Å². The fraction of sp³-hybridized carbons (Fsp3) is 0.263. The van der Waals surface area contributed by atoms with Gasteiger partial charge in [-0.25, -0.2) is 4.39 Å². The Labute approximate surface area is 145 Å². The number of carbonyl (C=O) groups excluding carboxylic acids is 2. The Hall–Kier alpha value is -2.89. The van der Waals surface area contributed by atoms with Crippen molar-refractivity contribution in [2.45, 2.75) is 33.8 Å². The van der Waals surface area contributed by atoms with E-state index in [2.05, 4.69) is 0 Å². The molecule has 0 aromatic heterocycles. The van der Waals surface area contributed by atoms with Crippen molar-refractivity contribution in [3.8, 4) is 17.2 Å². The average Bonchev–Trinajstić information content (AvgIpc) is 2.52. The molecule has 0 aliphatic heterocycles. The number of aromatic hydroxyl groups is 1. The lowest BCUT2D eigenvalue weighted by Gasteiger charge is -2.13. The van der Waals surface area contributed by atoms with Gasteiger partial charge in [-0.2, -0.15) is 0 Å². The number of carbonyl (C=O) groups is 2. The molecule has 2 rings (SSSR count). The van der Waals surface area contributed by atoms with Crippen LogP contribution in [0.25, 0.3) is 0 Å². The molecule has 0 heterocycles. The maximum Gasteiger partial charge on any atom is 0.308 e. The van der Waals surface area contributed by atoms with E-state index in [4.69, 9.17) is 9.47 Å². The third-order valence-electron chi connectivity index (χ3n) is 3.41. The number of phenols is 1. The first kappa shape index (κ1) is 18.4. The van der Waals surface area contributed by atoms with Crippen molar-refractivity contribution in [2.24, 2.45) is 0 Å². The highest BCUT2D eigenvalue weighted by Gasteiger charge is 2.23. The van der Waals surface area contributed by atoms with Crippen LogP contribution in [0.15, 0.2) is 30.3 Å². The van der Waals surface area contributed by atoms with Gasteiger partial charge in [0, 0.05) is 24.1 Å². The van der Waals surface area contributed by atoms with Crippen LogP contribution in [-0.4, -0.2) is 23.0 Å². The molecule has 0 amide bonds. The highest BCUT2D eigenvalue weighted by atomic mass is 19.1. The van der Waals surface area contributed by atoms with Crippen molar-refractivity contribution in [3.63, 3.8) is 0 Å². The van der Waals surface area contributed by atoms with Gasteiger partial charge in [0.2, 0.25) is 0 Å². The van der Waals surface area contributed by atoms with Crippen LogP contribution in [0.1, 0.15) is 42.3 Å². The van der Waals surface area contributed by atoms with Gasteiger partial charge >= 0.3 is 5.97 Å². The molecule has 132 valence electrons. The smallest absolute Gasteiger partial charge is 0.308 e. The topological polar surface area (TPSA) is 72.8 Å². The zero-order valence-electron chi connectivity index (χ0n) is 14.4. The summed E-state index contributed by atoms with van der Waals surface area (Å²) in [5.74, 6) is -2.39. The zero-order chi connectivity index (χ0) is 18.7. The number of ketones is 1. The lowest BCUT2D eigenvalue weighted by atomic mass is 9.99. The molecule has 2 aromatic rings. The number of halogens is 1. The van der Waals surface area contributed by atoms with Crippen molar-refractivity contribution in [2.75, 3.05) is 0 Å². The second kappa shape index (κ2) is 7.34. The van der Waals surface area contributed by atoms with Crippen LogP contribution < -0.4 is 9.47 Å². The molecule has 0 saturated heterocycles. The van der Waals surface area contributed by atoms with Crippen LogP contribution in [0.2, 0.25) is 0 Å². The van der Waals surface area contributed by atoms with Crippen molar-refractivity contribution < 1.29 is 28.6 Å². The Morgan fingerprint density at radius 2 is 1.76 bits per heavy atom. The average molecular weight is 346 g/mol. The summed E-state index contributed by atoms with van der Waals surface area (Å²) in [6.07, 6.45) is -0.0143. The van der Waals surface area contributed by atoms with E-state index in [0.717, 1.165) is 13.0 Å². The first-order chi connectivity index (χ1) is 11.7. The van der Waals surface area contributed by atoms with E-state index >= 15 is 0 Å². The van der Waals surface area contributed by atoms with Gasteiger partial charge in [-0.1, -0.05) is 0 Å². The molecule has 6 heteroatoms. The van der Waals surface area contributed by atoms with Crippen LogP contribution in [-0.2, 0) is 4.79 Å². The fourth-order valence-electron chi connectivity index (χ4n) is 2.29. The summed E-state index contributed by atoms with van der Waals surface area (Å²) in [6, 6.07) is 7.25. The Balaban J connectivity index is 2.39. The second-order valence-corrected chi connectivity index (χ2v) is 5.82. The molecule has 2 aromatic carbocycles. The third kappa shape index (κ3) is 4.15. The van der Waals surface area contributed by atoms with Gasteiger partial charge in [0.15, 0.2) is 5.78 Å². The first-order valence-electron chi connectivity index (χ1n) is 7.72. The van der Waals surface area contributed by atoms with Crippen molar-refractivity contribution in [1.82, 2.24) is 0 Å². The van der Waals surface area contributed by atoms with Crippen LogP contribution in [0.5, 0.6) is 17.2 Å². The minimum absolute atomic E-state index is 0.0143. The Morgan fingerprint density at radius 3 is 2.28 bits per heavy atom. The quantitative estimate of drug-likeness (QED) is 0.507. The number of hydrogen-bond acceptors (Lipinski definition) is 5. The molecule has 0 radical (unpaired) electrons. The SMILES string of the molecule is CC(=O)Oc1cc(O)c(C(=O)c2ccc(OC(C)C)cc2)c(F)c1C. The van der Waals surface area contributed by atoms with Gasteiger partial charge in [-0.3, -0.25) is 9.59 Å². The number of esters is 1. The normalized spacial score (nSPS) is 10.6. The molecular weight excluding hydrogens is 327 g/mol. The van der Waals surface area contributed by atoms with Crippen LogP contribution in [0.4, 0.5) is 4.39 Å². The minimum Gasteiger partial charge on any atom is -0.507 e. The van der Waals surface area contributed by atoms with Gasteiger partial charge in [0.25, 0.3) is 0 Å². The molecule has 25 heavy (non-hydrogen) atoms. The fourth-order valence-corrected chi connectivity index (χ4v) is 2.29. The molecule has 1 N–H and O–H groups in total. The van der Waals surface area contributed by atoms with Crippen LogP contribution in [0.3, 0.4) is 0 Å². The minimum atomic E-state index is -0.927. The van der Waals surface area contributed by atoms with Gasteiger partial charge in [0.05, 0.1) is 6.10 Å².